The first-order chi connectivity index (χ1) is 8.80. The molecular weight excluding hydrogens is 240 g/mol. The lowest BCUT2D eigenvalue weighted by atomic mass is 9.92. The summed E-state index contributed by atoms with van der Waals surface area (Å²) in [6.07, 6.45) is 4.32. The quantitative estimate of drug-likeness (QED) is 0.676. The summed E-state index contributed by atoms with van der Waals surface area (Å²) in [5.74, 6) is -0.750. The van der Waals surface area contributed by atoms with E-state index in [0.29, 0.717) is 18.5 Å². The van der Waals surface area contributed by atoms with E-state index in [9.17, 15) is 9.90 Å². The van der Waals surface area contributed by atoms with Gasteiger partial charge in [-0.15, -0.1) is 0 Å². The maximum atomic E-state index is 11.6. The minimum absolute atomic E-state index is 0.175. The number of carbonyl (C=O) groups is 1. The van der Waals surface area contributed by atoms with E-state index in [1.807, 2.05) is 20.8 Å². The Morgan fingerprint density at radius 1 is 1.42 bits per heavy atom. The molecule has 0 aromatic rings. The molecule has 1 fully saturated rings. The van der Waals surface area contributed by atoms with Crippen LogP contribution in [0.1, 0.15) is 60.3 Å². The van der Waals surface area contributed by atoms with E-state index in [1.54, 1.807) is 0 Å². The Balaban J connectivity index is 2.68. The molecule has 19 heavy (non-hydrogen) atoms. The van der Waals surface area contributed by atoms with Gasteiger partial charge >= 0.3 is 5.97 Å². The molecule has 1 rings (SSSR count). The summed E-state index contributed by atoms with van der Waals surface area (Å²) < 4.78 is 0. The van der Waals surface area contributed by atoms with E-state index in [0.717, 1.165) is 13.0 Å². The summed E-state index contributed by atoms with van der Waals surface area (Å²) in [6, 6.07) is 1.17. The average molecular weight is 270 g/mol. The highest BCUT2D eigenvalue weighted by molar-refractivity contribution is 5.78. The number of carboxylic acids is 1. The zero-order chi connectivity index (χ0) is 14.6. The van der Waals surface area contributed by atoms with Crippen molar-refractivity contribution in [1.29, 1.82) is 0 Å². The molecule has 0 saturated heterocycles. The van der Waals surface area contributed by atoms with Crippen LogP contribution in [0.15, 0.2) is 0 Å². The second-order valence-electron chi connectivity index (χ2n) is 6.46. The third-order valence-electron chi connectivity index (χ3n) is 3.85. The summed E-state index contributed by atoms with van der Waals surface area (Å²) in [5, 5.41) is 12.7. The van der Waals surface area contributed by atoms with Gasteiger partial charge in [0.2, 0.25) is 0 Å². The number of nitrogens with one attached hydrogen (secondary N) is 1. The maximum absolute atomic E-state index is 11.6. The lowest BCUT2D eigenvalue weighted by Gasteiger charge is -2.36. The van der Waals surface area contributed by atoms with Crippen molar-refractivity contribution < 1.29 is 9.90 Å². The van der Waals surface area contributed by atoms with Crippen molar-refractivity contribution >= 4 is 5.97 Å². The molecule has 2 unspecified atom stereocenters. The SMILES string of the molecule is CCCN(C(C)CC(C)(NC(C)C)C(=O)O)C1CC1. The molecule has 1 aliphatic carbocycles. The van der Waals surface area contributed by atoms with Crippen molar-refractivity contribution in [2.45, 2.75) is 84.0 Å². The normalized spacial score (nSPS) is 20.6. The van der Waals surface area contributed by atoms with Gasteiger partial charge in [-0.05, 0) is 59.9 Å². The Morgan fingerprint density at radius 2 is 2.00 bits per heavy atom. The van der Waals surface area contributed by atoms with E-state index in [2.05, 4.69) is 24.1 Å². The Labute approximate surface area is 117 Å². The predicted molar refractivity (Wildman–Crippen MR) is 78.4 cm³/mol. The minimum atomic E-state index is -0.839. The van der Waals surface area contributed by atoms with Gasteiger partial charge in [-0.25, -0.2) is 0 Å². The molecular formula is C15H30N2O2. The fourth-order valence-corrected chi connectivity index (χ4v) is 2.98. The second kappa shape index (κ2) is 6.71. The van der Waals surface area contributed by atoms with Crippen molar-refractivity contribution in [3.8, 4) is 0 Å². The van der Waals surface area contributed by atoms with Crippen LogP contribution in [0.2, 0.25) is 0 Å². The van der Waals surface area contributed by atoms with E-state index in [-0.39, 0.29) is 6.04 Å². The Kier molecular flexibility index (Phi) is 5.81. The summed E-state index contributed by atoms with van der Waals surface area (Å²) in [5.41, 5.74) is -0.839. The third-order valence-corrected chi connectivity index (χ3v) is 3.85. The van der Waals surface area contributed by atoms with Crippen molar-refractivity contribution in [3.05, 3.63) is 0 Å². The van der Waals surface area contributed by atoms with Gasteiger partial charge in [0.15, 0.2) is 0 Å². The smallest absolute Gasteiger partial charge is 0.323 e. The first-order valence-corrected chi connectivity index (χ1v) is 7.57. The molecule has 0 aliphatic heterocycles. The molecule has 2 N–H and O–H groups in total. The van der Waals surface area contributed by atoms with Gasteiger partial charge in [0.05, 0.1) is 0 Å². The highest BCUT2D eigenvalue weighted by Gasteiger charge is 2.39. The van der Waals surface area contributed by atoms with Crippen LogP contribution in [-0.2, 0) is 4.79 Å². The summed E-state index contributed by atoms with van der Waals surface area (Å²) in [4.78, 5) is 14.1. The summed E-state index contributed by atoms with van der Waals surface area (Å²) in [7, 11) is 0. The van der Waals surface area contributed by atoms with Crippen LogP contribution in [0, 0.1) is 0 Å². The van der Waals surface area contributed by atoms with Crippen LogP contribution in [0.5, 0.6) is 0 Å². The van der Waals surface area contributed by atoms with Gasteiger partial charge in [-0.1, -0.05) is 6.92 Å². The highest BCUT2D eigenvalue weighted by Crippen LogP contribution is 2.31. The van der Waals surface area contributed by atoms with Gasteiger partial charge in [0, 0.05) is 18.1 Å². The van der Waals surface area contributed by atoms with Gasteiger partial charge < -0.3 is 5.11 Å². The molecule has 112 valence electrons. The maximum Gasteiger partial charge on any atom is 0.323 e. The molecule has 0 spiro atoms. The molecule has 1 aliphatic rings. The second-order valence-corrected chi connectivity index (χ2v) is 6.46. The minimum Gasteiger partial charge on any atom is -0.480 e. The zero-order valence-electron chi connectivity index (χ0n) is 13.1. The number of hydrogen-bond donors (Lipinski definition) is 2. The topological polar surface area (TPSA) is 52.6 Å². The highest BCUT2D eigenvalue weighted by atomic mass is 16.4. The number of hydrogen-bond acceptors (Lipinski definition) is 3. The third kappa shape index (κ3) is 4.77. The molecule has 0 radical (unpaired) electrons. The average Bonchev–Trinajstić information content (AvgIpc) is 3.07. The fraction of sp³-hybridized carbons (Fsp3) is 0.933. The van der Waals surface area contributed by atoms with Crippen molar-refractivity contribution in [1.82, 2.24) is 10.2 Å². The number of aliphatic carboxylic acids is 1. The molecule has 0 bridgehead atoms. The lowest BCUT2D eigenvalue weighted by molar-refractivity contribution is -0.145. The van der Waals surface area contributed by atoms with Gasteiger partial charge in [0.25, 0.3) is 0 Å². The van der Waals surface area contributed by atoms with Crippen LogP contribution < -0.4 is 5.32 Å². The van der Waals surface area contributed by atoms with Crippen molar-refractivity contribution in [2.75, 3.05) is 6.54 Å². The molecule has 0 aromatic carbocycles. The predicted octanol–water partition coefficient (Wildman–Crippen LogP) is 2.48. The van der Waals surface area contributed by atoms with E-state index < -0.39 is 11.5 Å². The Morgan fingerprint density at radius 3 is 2.37 bits per heavy atom. The van der Waals surface area contributed by atoms with E-state index in [1.165, 1.54) is 12.8 Å². The van der Waals surface area contributed by atoms with Gasteiger partial charge in [0.1, 0.15) is 5.54 Å². The van der Waals surface area contributed by atoms with E-state index in [4.69, 9.17) is 0 Å². The largest absolute Gasteiger partial charge is 0.480 e. The van der Waals surface area contributed by atoms with Crippen LogP contribution in [0.25, 0.3) is 0 Å². The molecule has 0 aromatic heterocycles. The molecule has 2 atom stereocenters. The molecule has 4 nitrogen and oxygen atoms in total. The van der Waals surface area contributed by atoms with Crippen LogP contribution in [0.3, 0.4) is 0 Å². The van der Waals surface area contributed by atoms with E-state index >= 15 is 0 Å². The molecule has 0 heterocycles. The first-order valence-electron chi connectivity index (χ1n) is 7.57. The fourth-order valence-electron chi connectivity index (χ4n) is 2.98. The van der Waals surface area contributed by atoms with Crippen LogP contribution in [-0.4, -0.2) is 46.2 Å². The van der Waals surface area contributed by atoms with Crippen molar-refractivity contribution in [3.63, 3.8) is 0 Å². The van der Waals surface area contributed by atoms with Gasteiger partial charge in [-0.2, -0.15) is 0 Å². The Hall–Kier alpha value is -0.610. The number of carboxylic acid groups (broad SMARTS) is 1. The number of rotatable bonds is 9. The monoisotopic (exact) mass is 270 g/mol. The van der Waals surface area contributed by atoms with Crippen LogP contribution in [0.4, 0.5) is 0 Å². The standard InChI is InChI=1S/C15H30N2O2/c1-6-9-17(13-7-8-13)12(4)10-15(5,14(18)19)16-11(2)3/h11-13,16H,6-10H2,1-5H3,(H,18,19). The van der Waals surface area contributed by atoms with Crippen LogP contribution >= 0.6 is 0 Å². The number of nitrogens with zero attached hydrogens (tertiary/aromatic N) is 1. The molecule has 1 saturated carbocycles. The molecule has 0 amide bonds. The zero-order valence-corrected chi connectivity index (χ0v) is 13.1. The Bertz CT molecular complexity index is 303. The summed E-state index contributed by atoms with van der Waals surface area (Å²) >= 11 is 0. The summed E-state index contributed by atoms with van der Waals surface area (Å²) in [6.45, 7) is 11.2. The first kappa shape index (κ1) is 16.4. The van der Waals surface area contributed by atoms with Crippen molar-refractivity contribution in [2.24, 2.45) is 0 Å². The van der Waals surface area contributed by atoms with Gasteiger partial charge in [-0.3, -0.25) is 15.0 Å². The lowest BCUT2D eigenvalue weighted by Crippen LogP contribution is -2.56. The molecule has 4 heteroatoms.